The van der Waals surface area contributed by atoms with Crippen LogP contribution in [0.15, 0.2) is 0 Å². The van der Waals surface area contributed by atoms with E-state index in [-0.39, 0.29) is 33.4 Å². The molecule has 0 bridgehead atoms. The number of esters is 1. The Hall–Kier alpha value is -0.280. The van der Waals surface area contributed by atoms with Gasteiger partial charge in [0.2, 0.25) is 0 Å². The summed E-state index contributed by atoms with van der Waals surface area (Å²) in [4.78, 5) is 12.7. The van der Waals surface area contributed by atoms with E-state index in [0.29, 0.717) is 6.61 Å². The molecule has 0 aromatic heterocycles. The summed E-state index contributed by atoms with van der Waals surface area (Å²) in [5.74, 6) is 2.96. The van der Waals surface area contributed by atoms with E-state index in [1.54, 1.807) is 0 Å². The molecular weight excluding hydrogens is 521 g/mol. The van der Waals surface area contributed by atoms with Gasteiger partial charge >= 0.3 is 154 Å². The second-order valence-corrected chi connectivity index (χ2v) is 12.9. The van der Waals surface area contributed by atoms with E-state index < -0.39 is 0 Å². The van der Waals surface area contributed by atoms with Crippen molar-refractivity contribution in [2.75, 3.05) is 24.1 Å². The SMILES string of the molecule is C#CCCCN(CCCCCCOC(=O)[C@@H](CCCCCC)CCCCCCCC)[I-]CC. The van der Waals surface area contributed by atoms with Gasteiger partial charge in [-0.15, -0.1) is 0 Å². The number of terminal acetylenes is 1. The van der Waals surface area contributed by atoms with Crippen molar-refractivity contribution in [1.82, 2.24) is 3.11 Å². The van der Waals surface area contributed by atoms with Crippen LogP contribution in [-0.4, -0.2) is 33.2 Å². The fourth-order valence-corrected chi connectivity index (χ4v) is 6.48. The van der Waals surface area contributed by atoms with Gasteiger partial charge in [0.25, 0.3) is 0 Å². The summed E-state index contributed by atoms with van der Waals surface area (Å²) in [7, 11) is 0. The first-order chi connectivity index (χ1) is 16.2. The van der Waals surface area contributed by atoms with Crippen LogP contribution in [0.4, 0.5) is 0 Å². The van der Waals surface area contributed by atoms with E-state index in [1.807, 2.05) is 0 Å². The van der Waals surface area contributed by atoms with Crippen molar-refractivity contribution in [1.29, 1.82) is 0 Å². The predicted octanol–water partition coefficient (Wildman–Crippen LogP) is 5.17. The fourth-order valence-electron chi connectivity index (χ4n) is 4.15. The molecule has 0 unspecified atom stereocenters. The molecule has 0 aliphatic heterocycles. The Balaban J connectivity index is 4.05. The van der Waals surface area contributed by atoms with Crippen LogP contribution in [0, 0.1) is 18.3 Å². The van der Waals surface area contributed by atoms with Crippen LogP contribution >= 0.6 is 0 Å². The summed E-state index contributed by atoms with van der Waals surface area (Å²) in [6, 6.07) is 0. The van der Waals surface area contributed by atoms with E-state index in [0.717, 1.165) is 38.5 Å². The second kappa shape index (κ2) is 26.3. The average Bonchev–Trinajstić information content (AvgIpc) is 2.81. The normalized spacial score (nSPS) is 12.2. The number of hydrogen-bond donors (Lipinski definition) is 0. The Labute approximate surface area is 218 Å². The number of unbranched alkanes of at least 4 members (excludes halogenated alkanes) is 12. The van der Waals surface area contributed by atoms with Gasteiger partial charge in [0.05, 0.1) is 0 Å². The van der Waals surface area contributed by atoms with Crippen molar-refractivity contribution < 1.29 is 31.0 Å². The molecule has 1 atom stereocenters. The first-order valence-corrected chi connectivity index (χ1v) is 16.6. The van der Waals surface area contributed by atoms with Gasteiger partial charge < -0.3 is 0 Å². The van der Waals surface area contributed by atoms with Gasteiger partial charge in [0.1, 0.15) is 0 Å². The first kappa shape index (κ1) is 32.7. The Morgan fingerprint density at radius 1 is 0.788 bits per heavy atom. The Bertz CT molecular complexity index is 463. The number of carbonyl (C=O) groups excluding carboxylic acids is 1. The van der Waals surface area contributed by atoms with Crippen LogP contribution < -0.4 is 21.5 Å². The molecule has 3 nitrogen and oxygen atoms in total. The van der Waals surface area contributed by atoms with E-state index in [2.05, 4.69) is 29.8 Å². The van der Waals surface area contributed by atoms with Crippen LogP contribution in [0.5, 0.6) is 0 Å². The fraction of sp³-hybridized carbons (Fsp3) is 0.897. The number of rotatable bonds is 25. The number of alkyl halides is 1. The minimum absolute atomic E-state index is 0.0763. The van der Waals surface area contributed by atoms with Crippen molar-refractivity contribution in [2.24, 2.45) is 5.92 Å². The molecule has 33 heavy (non-hydrogen) atoms. The van der Waals surface area contributed by atoms with Gasteiger partial charge in [-0.25, -0.2) is 0 Å². The molecule has 0 fully saturated rings. The molecule has 0 saturated carbocycles. The standard InChI is InChI=1S/C29H55INO2/c1-5-9-12-14-15-19-24-28(23-18-13-10-6-2)29(32)33-27-22-17-16-21-26-31(30-8-4)25-20-11-7-3/h3,28H,5-6,8-27H2,1-2,4H3/q-1/t28-/m0/s1. The van der Waals surface area contributed by atoms with Gasteiger partial charge in [0, 0.05) is 0 Å². The molecule has 0 aliphatic rings. The van der Waals surface area contributed by atoms with Gasteiger partial charge in [-0.3, -0.25) is 0 Å². The second-order valence-electron chi connectivity index (χ2n) is 9.29. The molecule has 0 radical (unpaired) electrons. The van der Waals surface area contributed by atoms with Gasteiger partial charge in [-0.2, -0.15) is 0 Å². The van der Waals surface area contributed by atoms with Crippen molar-refractivity contribution >= 4 is 5.97 Å². The maximum atomic E-state index is 12.7. The van der Waals surface area contributed by atoms with Gasteiger partial charge in [-0.1, -0.05) is 65.2 Å². The number of hydrogen-bond acceptors (Lipinski definition) is 3. The molecule has 0 aliphatic carbocycles. The van der Waals surface area contributed by atoms with Crippen LogP contribution in [0.25, 0.3) is 0 Å². The topological polar surface area (TPSA) is 29.5 Å². The summed E-state index contributed by atoms with van der Waals surface area (Å²) in [5, 5.41) is 0. The monoisotopic (exact) mass is 576 g/mol. The van der Waals surface area contributed by atoms with E-state index in [9.17, 15) is 4.79 Å². The summed E-state index contributed by atoms with van der Waals surface area (Å²) in [5.41, 5.74) is 0. The Morgan fingerprint density at radius 3 is 1.97 bits per heavy atom. The number of nitrogens with zero attached hydrogens (tertiary/aromatic N) is 1. The Kier molecular flexibility index (Phi) is 26.1. The summed E-state index contributed by atoms with van der Waals surface area (Å²) in [6.45, 7) is 9.77. The van der Waals surface area contributed by atoms with Gasteiger partial charge in [0.15, 0.2) is 0 Å². The van der Waals surface area contributed by atoms with Crippen LogP contribution in [0.3, 0.4) is 0 Å². The number of ether oxygens (including phenoxy) is 1. The summed E-state index contributed by atoms with van der Waals surface area (Å²) in [6.07, 6.45) is 26.8. The van der Waals surface area contributed by atoms with E-state index in [1.165, 1.54) is 94.6 Å². The van der Waals surface area contributed by atoms with Crippen molar-refractivity contribution in [3.63, 3.8) is 0 Å². The molecule has 0 heterocycles. The molecule has 0 aromatic rings. The third-order valence-corrected chi connectivity index (χ3v) is 8.81. The zero-order valence-corrected chi connectivity index (χ0v) is 24.5. The zero-order chi connectivity index (χ0) is 24.4. The molecule has 0 N–H and O–H groups in total. The summed E-state index contributed by atoms with van der Waals surface area (Å²) < 4.78 is 9.69. The average molecular weight is 577 g/mol. The third kappa shape index (κ3) is 22.0. The van der Waals surface area contributed by atoms with Gasteiger partial charge in [-0.05, 0) is 0 Å². The quantitative estimate of drug-likeness (QED) is 0.0375. The Morgan fingerprint density at radius 2 is 1.33 bits per heavy atom. The minimum atomic E-state index is 0.0763. The van der Waals surface area contributed by atoms with Crippen molar-refractivity contribution in [3.8, 4) is 12.3 Å². The molecular formula is C29H55INO2-. The zero-order valence-electron chi connectivity index (χ0n) is 22.4. The molecule has 4 heteroatoms. The van der Waals surface area contributed by atoms with Crippen molar-refractivity contribution in [3.05, 3.63) is 0 Å². The molecule has 0 spiro atoms. The molecule has 196 valence electrons. The molecule has 0 saturated heterocycles. The van der Waals surface area contributed by atoms with Crippen LogP contribution in [-0.2, 0) is 9.53 Å². The van der Waals surface area contributed by atoms with E-state index in [4.69, 9.17) is 11.2 Å². The first-order valence-electron chi connectivity index (χ1n) is 14.1. The number of halogens is 1. The van der Waals surface area contributed by atoms with Crippen LogP contribution in [0.2, 0.25) is 0 Å². The molecule has 0 rings (SSSR count). The number of carbonyl (C=O) groups is 1. The van der Waals surface area contributed by atoms with Crippen molar-refractivity contribution in [2.45, 2.75) is 136 Å². The maximum absolute atomic E-state index is 12.7. The van der Waals surface area contributed by atoms with E-state index >= 15 is 0 Å². The summed E-state index contributed by atoms with van der Waals surface area (Å²) >= 11 is 0.175. The predicted molar refractivity (Wildman–Crippen MR) is 140 cm³/mol. The third-order valence-electron chi connectivity index (χ3n) is 6.20. The molecule has 0 amide bonds. The molecule has 0 aromatic carbocycles. The van der Waals surface area contributed by atoms with Crippen LogP contribution in [0.1, 0.15) is 136 Å².